The van der Waals surface area contributed by atoms with Crippen molar-refractivity contribution in [2.24, 2.45) is 0 Å². The van der Waals surface area contributed by atoms with E-state index in [1.54, 1.807) is 12.5 Å². The number of benzene rings is 2. The molecule has 0 aliphatic heterocycles. The van der Waals surface area contributed by atoms with Crippen LogP contribution in [0.3, 0.4) is 0 Å². The molecular formula is C22H26N4O2. The van der Waals surface area contributed by atoms with Crippen LogP contribution in [-0.4, -0.2) is 22.2 Å². The van der Waals surface area contributed by atoms with E-state index in [2.05, 4.69) is 21.7 Å². The molecule has 0 radical (unpaired) electrons. The van der Waals surface area contributed by atoms with E-state index in [4.69, 9.17) is 4.74 Å². The van der Waals surface area contributed by atoms with Crippen LogP contribution in [-0.2, 0) is 13.1 Å². The fourth-order valence-electron chi connectivity index (χ4n) is 3.01. The van der Waals surface area contributed by atoms with E-state index < -0.39 is 0 Å². The van der Waals surface area contributed by atoms with Crippen LogP contribution in [0.15, 0.2) is 67.3 Å². The Bertz CT molecular complexity index is 893. The lowest BCUT2D eigenvalue weighted by Crippen LogP contribution is -2.36. The van der Waals surface area contributed by atoms with Gasteiger partial charge in [-0.1, -0.05) is 36.4 Å². The molecule has 1 aromatic heterocycles. The van der Waals surface area contributed by atoms with E-state index >= 15 is 0 Å². The van der Waals surface area contributed by atoms with Crippen LogP contribution in [0.25, 0.3) is 0 Å². The summed E-state index contributed by atoms with van der Waals surface area (Å²) in [5.41, 5.74) is 3.23. The molecule has 3 aromatic rings. The van der Waals surface area contributed by atoms with Crippen LogP contribution in [0.1, 0.15) is 36.6 Å². The van der Waals surface area contributed by atoms with Crippen molar-refractivity contribution in [3.63, 3.8) is 0 Å². The molecule has 1 atom stereocenters. The van der Waals surface area contributed by atoms with Gasteiger partial charge in [0.25, 0.3) is 0 Å². The third-order valence-corrected chi connectivity index (χ3v) is 4.49. The fourth-order valence-corrected chi connectivity index (χ4v) is 3.01. The quantitative estimate of drug-likeness (QED) is 0.625. The first-order chi connectivity index (χ1) is 13.7. The normalized spacial score (nSPS) is 11.6. The predicted molar refractivity (Wildman–Crippen MR) is 109 cm³/mol. The van der Waals surface area contributed by atoms with Crippen LogP contribution >= 0.6 is 0 Å². The van der Waals surface area contributed by atoms with E-state index in [1.807, 2.05) is 67.1 Å². The summed E-state index contributed by atoms with van der Waals surface area (Å²) in [6, 6.07) is 15.5. The highest BCUT2D eigenvalue weighted by Crippen LogP contribution is 2.19. The maximum Gasteiger partial charge on any atom is 0.315 e. The van der Waals surface area contributed by atoms with Gasteiger partial charge in [-0.05, 0) is 42.7 Å². The lowest BCUT2D eigenvalue weighted by atomic mass is 10.1. The van der Waals surface area contributed by atoms with E-state index in [0.29, 0.717) is 13.2 Å². The molecule has 0 spiro atoms. The van der Waals surface area contributed by atoms with Crippen molar-refractivity contribution < 1.29 is 9.53 Å². The van der Waals surface area contributed by atoms with Crippen LogP contribution in [0.4, 0.5) is 4.79 Å². The molecule has 1 heterocycles. The molecule has 0 bridgehead atoms. The summed E-state index contributed by atoms with van der Waals surface area (Å²) in [7, 11) is 0. The number of amides is 2. The second-order valence-electron chi connectivity index (χ2n) is 6.56. The SMILES string of the molecule is CCOc1cccc([C@H](C)NC(=O)NCc2ccccc2Cn2ccnc2)c1. The van der Waals surface area contributed by atoms with Gasteiger partial charge in [-0.3, -0.25) is 0 Å². The summed E-state index contributed by atoms with van der Waals surface area (Å²) >= 11 is 0. The van der Waals surface area contributed by atoms with Gasteiger partial charge in [0, 0.05) is 25.5 Å². The van der Waals surface area contributed by atoms with E-state index in [9.17, 15) is 4.79 Å². The Morgan fingerprint density at radius 1 is 1.18 bits per heavy atom. The first-order valence-electron chi connectivity index (χ1n) is 9.45. The van der Waals surface area contributed by atoms with Crippen LogP contribution in [0.5, 0.6) is 5.75 Å². The standard InChI is InChI=1S/C22H26N4O2/c1-3-28-21-10-6-9-18(13-21)17(2)25-22(27)24-14-19-7-4-5-8-20(19)15-26-12-11-23-16-26/h4-13,16-17H,3,14-15H2,1-2H3,(H2,24,25,27)/t17-/m0/s1. The van der Waals surface area contributed by atoms with Gasteiger partial charge < -0.3 is 19.9 Å². The Kier molecular flexibility index (Phi) is 6.68. The highest BCUT2D eigenvalue weighted by molar-refractivity contribution is 5.74. The molecule has 0 fully saturated rings. The van der Waals surface area contributed by atoms with Gasteiger partial charge in [-0.2, -0.15) is 0 Å². The lowest BCUT2D eigenvalue weighted by Gasteiger charge is -2.17. The molecule has 2 amide bonds. The van der Waals surface area contributed by atoms with Crippen molar-refractivity contribution in [3.8, 4) is 5.75 Å². The maximum atomic E-state index is 12.4. The summed E-state index contributed by atoms with van der Waals surface area (Å²) in [5, 5.41) is 5.93. The molecule has 0 saturated carbocycles. The average Bonchev–Trinajstić information content (AvgIpc) is 3.21. The largest absolute Gasteiger partial charge is 0.494 e. The number of hydrogen-bond donors (Lipinski definition) is 2. The highest BCUT2D eigenvalue weighted by atomic mass is 16.5. The second-order valence-corrected chi connectivity index (χ2v) is 6.56. The number of nitrogens with zero attached hydrogens (tertiary/aromatic N) is 2. The van der Waals surface area contributed by atoms with Crippen molar-refractivity contribution in [1.29, 1.82) is 0 Å². The Balaban J connectivity index is 1.56. The minimum atomic E-state index is -0.202. The number of imidazole rings is 1. The topological polar surface area (TPSA) is 68.2 Å². The monoisotopic (exact) mass is 378 g/mol. The predicted octanol–water partition coefficient (Wildman–Crippen LogP) is 3.89. The zero-order valence-corrected chi connectivity index (χ0v) is 16.3. The molecule has 3 rings (SSSR count). The second kappa shape index (κ2) is 9.60. The zero-order chi connectivity index (χ0) is 19.8. The Labute approximate surface area is 165 Å². The minimum absolute atomic E-state index is 0.124. The number of carbonyl (C=O) groups excluding carboxylic acids is 1. The summed E-state index contributed by atoms with van der Waals surface area (Å²) in [4.78, 5) is 16.4. The summed E-state index contributed by atoms with van der Waals surface area (Å²) in [6.07, 6.45) is 5.47. The van der Waals surface area contributed by atoms with Crippen molar-refractivity contribution in [3.05, 3.63) is 83.9 Å². The third kappa shape index (κ3) is 5.36. The molecule has 2 aromatic carbocycles. The Morgan fingerprint density at radius 2 is 2.00 bits per heavy atom. The van der Waals surface area contributed by atoms with Crippen molar-refractivity contribution in [2.45, 2.75) is 33.0 Å². The van der Waals surface area contributed by atoms with Gasteiger partial charge in [0.2, 0.25) is 0 Å². The number of aromatic nitrogens is 2. The Morgan fingerprint density at radius 3 is 2.75 bits per heavy atom. The molecule has 0 aliphatic rings. The molecular weight excluding hydrogens is 352 g/mol. The van der Waals surface area contributed by atoms with E-state index in [0.717, 1.165) is 29.0 Å². The summed E-state index contributed by atoms with van der Waals surface area (Å²) < 4.78 is 7.53. The zero-order valence-electron chi connectivity index (χ0n) is 16.3. The average molecular weight is 378 g/mol. The smallest absolute Gasteiger partial charge is 0.315 e. The molecule has 6 nitrogen and oxygen atoms in total. The van der Waals surface area contributed by atoms with Gasteiger partial charge in [0.05, 0.1) is 19.0 Å². The molecule has 6 heteroatoms. The van der Waals surface area contributed by atoms with Crippen LogP contribution in [0.2, 0.25) is 0 Å². The number of carbonyl (C=O) groups is 1. The van der Waals surface area contributed by atoms with Crippen molar-refractivity contribution in [2.75, 3.05) is 6.61 Å². The first-order valence-corrected chi connectivity index (χ1v) is 9.45. The van der Waals surface area contributed by atoms with E-state index in [-0.39, 0.29) is 12.1 Å². The fraction of sp³-hybridized carbons (Fsp3) is 0.273. The van der Waals surface area contributed by atoms with Crippen LogP contribution < -0.4 is 15.4 Å². The third-order valence-electron chi connectivity index (χ3n) is 4.49. The number of ether oxygens (including phenoxy) is 1. The van der Waals surface area contributed by atoms with Crippen molar-refractivity contribution >= 4 is 6.03 Å². The first kappa shape index (κ1) is 19.5. The molecule has 0 aliphatic carbocycles. The highest BCUT2D eigenvalue weighted by Gasteiger charge is 2.11. The number of hydrogen-bond acceptors (Lipinski definition) is 3. The number of nitrogens with one attached hydrogen (secondary N) is 2. The van der Waals surface area contributed by atoms with Gasteiger partial charge >= 0.3 is 6.03 Å². The molecule has 146 valence electrons. The van der Waals surface area contributed by atoms with Crippen LogP contribution in [0, 0.1) is 0 Å². The number of urea groups is 1. The maximum absolute atomic E-state index is 12.4. The van der Waals surface area contributed by atoms with Gasteiger partial charge in [0.15, 0.2) is 0 Å². The van der Waals surface area contributed by atoms with E-state index in [1.165, 1.54) is 0 Å². The lowest BCUT2D eigenvalue weighted by molar-refractivity contribution is 0.237. The molecule has 2 N–H and O–H groups in total. The van der Waals surface area contributed by atoms with Gasteiger partial charge in [0.1, 0.15) is 5.75 Å². The number of rotatable bonds is 8. The van der Waals surface area contributed by atoms with Gasteiger partial charge in [-0.25, -0.2) is 9.78 Å². The van der Waals surface area contributed by atoms with Gasteiger partial charge in [-0.15, -0.1) is 0 Å². The Hall–Kier alpha value is -3.28. The molecule has 28 heavy (non-hydrogen) atoms. The van der Waals surface area contributed by atoms with Crippen molar-refractivity contribution in [1.82, 2.24) is 20.2 Å². The summed E-state index contributed by atoms with van der Waals surface area (Å²) in [5.74, 6) is 0.808. The molecule has 0 saturated heterocycles. The molecule has 0 unspecified atom stereocenters. The minimum Gasteiger partial charge on any atom is -0.494 e. The summed E-state index contributed by atoms with van der Waals surface area (Å²) in [6.45, 7) is 5.71.